The molecular formula is C19H23BrN2O. The Bertz CT molecular complexity index is 660. The number of nitrogens with one attached hydrogen (secondary N) is 2. The van der Waals surface area contributed by atoms with Crippen LogP contribution in [-0.4, -0.2) is 12.6 Å². The highest BCUT2D eigenvalue weighted by Gasteiger charge is 2.13. The summed E-state index contributed by atoms with van der Waals surface area (Å²) in [5.41, 5.74) is 3.36. The van der Waals surface area contributed by atoms with E-state index in [0.717, 1.165) is 16.6 Å². The summed E-state index contributed by atoms with van der Waals surface area (Å²) in [6.07, 6.45) is 0.801. The van der Waals surface area contributed by atoms with Gasteiger partial charge in [0.2, 0.25) is 0 Å². The van der Waals surface area contributed by atoms with Gasteiger partial charge >= 0.3 is 6.03 Å². The van der Waals surface area contributed by atoms with Crippen molar-refractivity contribution in [2.75, 3.05) is 11.9 Å². The highest BCUT2D eigenvalue weighted by atomic mass is 79.9. The summed E-state index contributed by atoms with van der Waals surface area (Å²) in [7, 11) is 0. The quantitative estimate of drug-likeness (QED) is 0.766. The van der Waals surface area contributed by atoms with Gasteiger partial charge in [0.1, 0.15) is 0 Å². The number of benzene rings is 2. The molecule has 0 aliphatic carbocycles. The minimum atomic E-state index is -0.177. The Balaban J connectivity index is 1.80. The zero-order valence-corrected chi connectivity index (χ0v) is 15.4. The predicted octanol–water partition coefficient (Wildman–Crippen LogP) is 5.11. The number of urea groups is 1. The largest absolute Gasteiger partial charge is 0.338 e. The fourth-order valence-electron chi connectivity index (χ4n) is 2.24. The standard InChI is InChI=1S/C19H23BrN2O/c1-19(2,3)15-7-9-17(10-8-15)22-18(23)21-12-11-14-5-4-6-16(20)13-14/h4-10,13H,11-12H2,1-3H3,(H2,21,22,23). The summed E-state index contributed by atoms with van der Waals surface area (Å²) in [6, 6.07) is 15.9. The van der Waals surface area contributed by atoms with Gasteiger partial charge in [-0.15, -0.1) is 0 Å². The Morgan fingerprint density at radius 1 is 1.09 bits per heavy atom. The lowest BCUT2D eigenvalue weighted by Gasteiger charge is -2.19. The number of hydrogen-bond acceptors (Lipinski definition) is 1. The monoisotopic (exact) mass is 374 g/mol. The third-order valence-electron chi connectivity index (χ3n) is 3.60. The van der Waals surface area contributed by atoms with Gasteiger partial charge in [-0.2, -0.15) is 0 Å². The van der Waals surface area contributed by atoms with Crippen molar-refractivity contribution in [3.63, 3.8) is 0 Å². The molecule has 2 amide bonds. The van der Waals surface area contributed by atoms with Crippen molar-refractivity contribution >= 4 is 27.6 Å². The second-order valence-corrected chi connectivity index (χ2v) is 7.50. The molecule has 23 heavy (non-hydrogen) atoms. The van der Waals surface area contributed by atoms with E-state index in [9.17, 15) is 4.79 Å². The molecule has 0 fully saturated rings. The smallest absolute Gasteiger partial charge is 0.319 e. The molecule has 0 radical (unpaired) electrons. The summed E-state index contributed by atoms with van der Waals surface area (Å²) in [5.74, 6) is 0. The van der Waals surface area contributed by atoms with Crippen molar-refractivity contribution in [3.8, 4) is 0 Å². The third kappa shape index (κ3) is 5.71. The van der Waals surface area contributed by atoms with E-state index >= 15 is 0 Å². The summed E-state index contributed by atoms with van der Waals surface area (Å²) < 4.78 is 1.05. The first-order chi connectivity index (χ1) is 10.8. The van der Waals surface area contributed by atoms with E-state index in [2.05, 4.69) is 71.6 Å². The number of halogens is 1. The maximum atomic E-state index is 11.9. The maximum absolute atomic E-state index is 11.9. The zero-order chi connectivity index (χ0) is 16.9. The van der Waals surface area contributed by atoms with Crippen molar-refractivity contribution in [2.24, 2.45) is 0 Å². The second kappa shape index (κ2) is 7.64. The van der Waals surface area contributed by atoms with E-state index in [0.29, 0.717) is 6.54 Å². The number of rotatable bonds is 4. The molecule has 0 spiro atoms. The van der Waals surface area contributed by atoms with E-state index < -0.39 is 0 Å². The fourth-order valence-corrected chi connectivity index (χ4v) is 2.69. The number of carbonyl (C=O) groups is 1. The topological polar surface area (TPSA) is 41.1 Å². The van der Waals surface area contributed by atoms with Crippen LogP contribution in [0.1, 0.15) is 31.9 Å². The zero-order valence-electron chi connectivity index (χ0n) is 13.8. The van der Waals surface area contributed by atoms with Crippen molar-refractivity contribution < 1.29 is 4.79 Å². The van der Waals surface area contributed by atoms with Crippen LogP contribution in [-0.2, 0) is 11.8 Å². The van der Waals surface area contributed by atoms with Crippen molar-refractivity contribution in [1.29, 1.82) is 0 Å². The van der Waals surface area contributed by atoms with Gasteiger partial charge in [0.15, 0.2) is 0 Å². The number of carbonyl (C=O) groups excluding carboxylic acids is 1. The Hall–Kier alpha value is -1.81. The van der Waals surface area contributed by atoms with Crippen LogP contribution < -0.4 is 10.6 Å². The van der Waals surface area contributed by atoms with Crippen molar-refractivity contribution in [2.45, 2.75) is 32.6 Å². The average molecular weight is 375 g/mol. The normalized spacial score (nSPS) is 11.1. The highest BCUT2D eigenvalue weighted by molar-refractivity contribution is 9.10. The Labute approximate surface area is 146 Å². The van der Waals surface area contributed by atoms with Gasteiger partial charge < -0.3 is 10.6 Å². The molecule has 2 N–H and O–H groups in total. The number of amides is 2. The highest BCUT2D eigenvalue weighted by Crippen LogP contribution is 2.23. The maximum Gasteiger partial charge on any atom is 0.319 e. The summed E-state index contributed by atoms with van der Waals surface area (Å²) in [6.45, 7) is 7.11. The minimum absolute atomic E-state index is 0.116. The second-order valence-electron chi connectivity index (χ2n) is 6.59. The van der Waals surface area contributed by atoms with Crippen LogP contribution in [0.5, 0.6) is 0 Å². The Kier molecular flexibility index (Phi) is 5.83. The lowest BCUT2D eigenvalue weighted by molar-refractivity contribution is 0.252. The molecular weight excluding hydrogens is 352 g/mol. The van der Waals surface area contributed by atoms with E-state index in [1.165, 1.54) is 11.1 Å². The molecule has 0 heterocycles. The average Bonchev–Trinajstić information content (AvgIpc) is 2.47. The lowest BCUT2D eigenvalue weighted by atomic mass is 9.87. The van der Waals surface area contributed by atoms with Gasteiger partial charge in [-0.1, -0.05) is 61.0 Å². The van der Waals surface area contributed by atoms with Crippen molar-refractivity contribution in [3.05, 3.63) is 64.1 Å². The van der Waals surface area contributed by atoms with Gasteiger partial charge in [-0.05, 0) is 47.2 Å². The van der Waals surface area contributed by atoms with Crippen LogP contribution in [0.3, 0.4) is 0 Å². The number of anilines is 1. The van der Waals surface area contributed by atoms with E-state index in [1.807, 2.05) is 24.3 Å². The van der Waals surface area contributed by atoms with E-state index in [1.54, 1.807) is 0 Å². The van der Waals surface area contributed by atoms with E-state index in [-0.39, 0.29) is 11.4 Å². The van der Waals surface area contributed by atoms with E-state index in [4.69, 9.17) is 0 Å². The molecule has 0 atom stereocenters. The molecule has 4 heteroatoms. The van der Waals surface area contributed by atoms with Crippen LogP contribution in [0.15, 0.2) is 53.0 Å². The van der Waals surface area contributed by atoms with Gasteiger partial charge in [0.05, 0.1) is 0 Å². The SMILES string of the molecule is CC(C)(C)c1ccc(NC(=O)NCCc2cccc(Br)c2)cc1. The summed E-state index contributed by atoms with van der Waals surface area (Å²) in [5, 5.41) is 5.74. The number of hydrogen-bond donors (Lipinski definition) is 2. The molecule has 0 saturated carbocycles. The van der Waals surface area contributed by atoms with Gasteiger partial charge in [-0.25, -0.2) is 4.79 Å². The van der Waals surface area contributed by atoms with Gasteiger partial charge in [0.25, 0.3) is 0 Å². The Morgan fingerprint density at radius 2 is 1.78 bits per heavy atom. The molecule has 0 bridgehead atoms. The lowest BCUT2D eigenvalue weighted by Crippen LogP contribution is -2.30. The molecule has 0 saturated heterocycles. The molecule has 2 aromatic carbocycles. The van der Waals surface area contributed by atoms with Crippen LogP contribution in [0.4, 0.5) is 10.5 Å². The summed E-state index contributed by atoms with van der Waals surface area (Å²) >= 11 is 3.45. The first-order valence-corrected chi connectivity index (χ1v) is 8.54. The van der Waals surface area contributed by atoms with Crippen LogP contribution in [0, 0.1) is 0 Å². The molecule has 2 rings (SSSR count). The molecule has 0 unspecified atom stereocenters. The molecule has 0 aromatic heterocycles. The Morgan fingerprint density at radius 3 is 2.39 bits per heavy atom. The first kappa shape index (κ1) is 17.5. The van der Waals surface area contributed by atoms with Crippen LogP contribution >= 0.6 is 15.9 Å². The summed E-state index contributed by atoms with van der Waals surface area (Å²) in [4.78, 5) is 11.9. The first-order valence-electron chi connectivity index (χ1n) is 7.74. The molecule has 0 aliphatic heterocycles. The van der Waals surface area contributed by atoms with Gasteiger partial charge in [-0.3, -0.25) is 0 Å². The van der Waals surface area contributed by atoms with Crippen molar-refractivity contribution in [1.82, 2.24) is 5.32 Å². The molecule has 2 aromatic rings. The predicted molar refractivity (Wildman–Crippen MR) is 100 cm³/mol. The fraction of sp³-hybridized carbons (Fsp3) is 0.316. The van der Waals surface area contributed by atoms with Crippen LogP contribution in [0.25, 0.3) is 0 Å². The van der Waals surface area contributed by atoms with Crippen LogP contribution in [0.2, 0.25) is 0 Å². The third-order valence-corrected chi connectivity index (χ3v) is 4.09. The molecule has 3 nitrogen and oxygen atoms in total. The van der Waals surface area contributed by atoms with Gasteiger partial charge in [0, 0.05) is 16.7 Å². The minimum Gasteiger partial charge on any atom is -0.338 e. The molecule has 0 aliphatic rings. The molecule has 122 valence electrons.